The number of nitrogens with one attached hydrogen (secondary N) is 1. The highest BCUT2D eigenvalue weighted by Crippen LogP contribution is 2.29. The van der Waals surface area contributed by atoms with Crippen molar-refractivity contribution in [1.82, 2.24) is 0 Å². The standard InChI is InChI=1S/C19H11Cl3FNO3S/c20-11-5-8-18(14(9-11)19(25)13-3-1-2-4-17(13)23)24-28(26,27)12-6-7-15(21)16(22)10-12/h1-10,24H. The van der Waals surface area contributed by atoms with E-state index in [4.69, 9.17) is 34.8 Å². The van der Waals surface area contributed by atoms with Crippen LogP contribution in [0.4, 0.5) is 10.1 Å². The highest BCUT2D eigenvalue weighted by atomic mass is 35.5. The first-order valence-corrected chi connectivity index (χ1v) is 10.4. The topological polar surface area (TPSA) is 63.2 Å². The third kappa shape index (κ3) is 4.31. The van der Waals surface area contributed by atoms with Gasteiger partial charge in [-0.3, -0.25) is 9.52 Å². The summed E-state index contributed by atoms with van der Waals surface area (Å²) in [7, 11) is -4.10. The first-order chi connectivity index (χ1) is 13.2. The van der Waals surface area contributed by atoms with E-state index in [0.29, 0.717) is 0 Å². The summed E-state index contributed by atoms with van der Waals surface area (Å²) in [5.41, 5.74) is -0.357. The number of ketones is 1. The van der Waals surface area contributed by atoms with Gasteiger partial charge in [0.05, 0.1) is 26.2 Å². The Morgan fingerprint density at radius 2 is 1.57 bits per heavy atom. The smallest absolute Gasteiger partial charge is 0.261 e. The summed E-state index contributed by atoms with van der Waals surface area (Å²) >= 11 is 17.7. The summed E-state index contributed by atoms with van der Waals surface area (Å²) in [5, 5.41) is 0.447. The fourth-order valence-electron chi connectivity index (χ4n) is 2.43. The van der Waals surface area contributed by atoms with Crippen LogP contribution < -0.4 is 4.72 Å². The lowest BCUT2D eigenvalue weighted by Crippen LogP contribution is -2.16. The number of rotatable bonds is 5. The average Bonchev–Trinajstić information content (AvgIpc) is 2.65. The van der Waals surface area contributed by atoms with E-state index in [1.165, 1.54) is 54.6 Å². The molecular weight excluding hydrogens is 448 g/mol. The van der Waals surface area contributed by atoms with Crippen molar-refractivity contribution in [3.8, 4) is 0 Å². The molecule has 0 aliphatic heterocycles. The maximum Gasteiger partial charge on any atom is 0.261 e. The largest absolute Gasteiger partial charge is 0.288 e. The second-order valence-electron chi connectivity index (χ2n) is 5.68. The Labute approximate surface area is 175 Å². The van der Waals surface area contributed by atoms with E-state index in [0.717, 1.165) is 6.07 Å². The monoisotopic (exact) mass is 457 g/mol. The molecule has 0 aromatic heterocycles. The predicted molar refractivity (Wildman–Crippen MR) is 109 cm³/mol. The molecule has 0 aliphatic rings. The van der Waals surface area contributed by atoms with E-state index in [9.17, 15) is 17.6 Å². The normalized spacial score (nSPS) is 11.3. The maximum atomic E-state index is 14.0. The molecule has 0 heterocycles. The summed E-state index contributed by atoms with van der Waals surface area (Å²) in [5.74, 6) is -1.45. The Bertz CT molecular complexity index is 1180. The molecule has 0 atom stereocenters. The van der Waals surface area contributed by atoms with Gasteiger partial charge in [0, 0.05) is 10.6 Å². The van der Waals surface area contributed by atoms with E-state index in [2.05, 4.69) is 4.72 Å². The van der Waals surface area contributed by atoms with E-state index in [1.807, 2.05) is 0 Å². The van der Waals surface area contributed by atoms with Crippen molar-refractivity contribution in [2.45, 2.75) is 4.90 Å². The zero-order valence-corrected chi connectivity index (χ0v) is 17.0. The number of carbonyl (C=O) groups is 1. The summed E-state index contributed by atoms with van der Waals surface area (Å²) in [6, 6.07) is 13.2. The first-order valence-electron chi connectivity index (χ1n) is 7.76. The Kier molecular flexibility index (Phi) is 5.95. The summed E-state index contributed by atoms with van der Waals surface area (Å²) in [6.07, 6.45) is 0. The molecule has 0 bridgehead atoms. The molecular formula is C19H11Cl3FNO3S. The molecule has 0 saturated carbocycles. The van der Waals surface area contributed by atoms with Gasteiger partial charge in [-0.1, -0.05) is 46.9 Å². The molecule has 144 valence electrons. The van der Waals surface area contributed by atoms with Gasteiger partial charge in [0.25, 0.3) is 10.0 Å². The number of hydrogen-bond donors (Lipinski definition) is 1. The van der Waals surface area contributed by atoms with Gasteiger partial charge < -0.3 is 0 Å². The molecule has 3 aromatic carbocycles. The fraction of sp³-hybridized carbons (Fsp3) is 0. The van der Waals surface area contributed by atoms with Crippen LogP contribution in [0.15, 0.2) is 65.6 Å². The van der Waals surface area contributed by atoms with Crippen molar-refractivity contribution in [3.63, 3.8) is 0 Å². The van der Waals surface area contributed by atoms with E-state index >= 15 is 0 Å². The zero-order valence-electron chi connectivity index (χ0n) is 13.9. The second-order valence-corrected chi connectivity index (χ2v) is 8.61. The van der Waals surface area contributed by atoms with Crippen LogP contribution in [-0.4, -0.2) is 14.2 Å². The minimum Gasteiger partial charge on any atom is -0.288 e. The average molecular weight is 459 g/mol. The van der Waals surface area contributed by atoms with Crippen LogP contribution in [0.2, 0.25) is 15.1 Å². The molecule has 3 rings (SSSR count). The zero-order chi connectivity index (χ0) is 20.5. The van der Waals surface area contributed by atoms with Crippen LogP contribution in [0.3, 0.4) is 0 Å². The lowest BCUT2D eigenvalue weighted by atomic mass is 10.0. The van der Waals surface area contributed by atoms with E-state index in [-0.39, 0.29) is 36.8 Å². The molecule has 4 nitrogen and oxygen atoms in total. The minimum absolute atomic E-state index is 0.0521. The van der Waals surface area contributed by atoms with Crippen LogP contribution >= 0.6 is 34.8 Å². The second kappa shape index (κ2) is 8.09. The van der Waals surface area contributed by atoms with Crippen LogP contribution in [-0.2, 0) is 10.0 Å². The third-order valence-corrected chi connectivity index (χ3v) is 6.13. The van der Waals surface area contributed by atoms with Gasteiger partial charge in [-0.15, -0.1) is 0 Å². The number of anilines is 1. The molecule has 0 saturated heterocycles. The van der Waals surface area contributed by atoms with Gasteiger partial charge in [0.1, 0.15) is 5.82 Å². The molecule has 1 N–H and O–H groups in total. The quantitative estimate of drug-likeness (QED) is 0.490. The number of hydrogen-bond acceptors (Lipinski definition) is 3. The molecule has 0 unspecified atom stereocenters. The van der Waals surface area contributed by atoms with Crippen molar-refractivity contribution in [2.24, 2.45) is 0 Å². The molecule has 3 aromatic rings. The summed E-state index contributed by atoms with van der Waals surface area (Å²) < 4.78 is 41.7. The van der Waals surface area contributed by atoms with Crippen molar-refractivity contribution >= 4 is 56.3 Å². The van der Waals surface area contributed by atoms with Crippen LogP contribution in [0.5, 0.6) is 0 Å². The van der Waals surface area contributed by atoms with Gasteiger partial charge in [-0.2, -0.15) is 0 Å². The minimum atomic E-state index is -4.10. The van der Waals surface area contributed by atoms with Crippen molar-refractivity contribution in [2.75, 3.05) is 4.72 Å². The molecule has 0 amide bonds. The van der Waals surface area contributed by atoms with Crippen molar-refractivity contribution in [3.05, 3.63) is 92.7 Å². The number of sulfonamides is 1. The van der Waals surface area contributed by atoms with Crippen LogP contribution in [0.25, 0.3) is 0 Å². The van der Waals surface area contributed by atoms with Crippen LogP contribution in [0.1, 0.15) is 15.9 Å². The molecule has 9 heteroatoms. The van der Waals surface area contributed by atoms with Crippen molar-refractivity contribution in [1.29, 1.82) is 0 Å². The lowest BCUT2D eigenvalue weighted by Gasteiger charge is -2.13. The van der Waals surface area contributed by atoms with Gasteiger partial charge >= 0.3 is 0 Å². The Morgan fingerprint density at radius 3 is 2.25 bits per heavy atom. The number of benzene rings is 3. The lowest BCUT2D eigenvalue weighted by molar-refractivity contribution is 0.103. The third-order valence-electron chi connectivity index (χ3n) is 3.79. The maximum absolute atomic E-state index is 14.0. The van der Waals surface area contributed by atoms with E-state index < -0.39 is 21.6 Å². The van der Waals surface area contributed by atoms with E-state index in [1.54, 1.807) is 0 Å². The number of carbonyl (C=O) groups excluding carboxylic acids is 1. The Morgan fingerprint density at radius 1 is 0.857 bits per heavy atom. The molecule has 0 fully saturated rings. The Balaban J connectivity index is 2.05. The molecule has 0 spiro atoms. The number of halogens is 4. The fourth-order valence-corrected chi connectivity index (χ4v) is 4.07. The van der Waals surface area contributed by atoms with Gasteiger partial charge in [0.2, 0.25) is 0 Å². The van der Waals surface area contributed by atoms with Gasteiger partial charge in [-0.25, -0.2) is 12.8 Å². The SMILES string of the molecule is O=C(c1ccccc1F)c1cc(Cl)ccc1NS(=O)(=O)c1ccc(Cl)c(Cl)c1. The predicted octanol–water partition coefficient (Wildman–Crippen LogP) is 5.82. The summed E-state index contributed by atoms with van der Waals surface area (Å²) in [4.78, 5) is 12.6. The van der Waals surface area contributed by atoms with Gasteiger partial charge in [0.15, 0.2) is 5.78 Å². The van der Waals surface area contributed by atoms with Crippen molar-refractivity contribution < 1.29 is 17.6 Å². The van der Waals surface area contributed by atoms with Gasteiger partial charge in [-0.05, 0) is 48.5 Å². The highest BCUT2D eigenvalue weighted by molar-refractivity contribution is 7.92. The molecule has 0 radical (unpaired) electrons. The highest BCUT2D eigenvalue weighted by Gasteiger charge is 2.22. The first kappa shape index (κ1) is 20.6. The molecule has 28 heavy (non-hydrogen) atoms. The summed E-state index contributed by atoms with van der Waals surface area (Å²) in [6.45, 7) is 0. The van der Waals surface area contributed by atoms with Crippen LogP contribution in [0, 0.1) is 5.82 Å². The molecule has 0 aliphatic carbocycles. The Hall–Kier alpha value is -2.12.